The number of nitrogens with one attached hydrogen (secondary N) is 2. The summed E-state index contributed by atoms with van der Waals surface area (Å²) in [6, 6.07) is 5.40. The summed E-state index contributed by atoms with van der Waals surface area (Å²) in [6.07, 6.45) is 0.856. The molecule has 0 atom stereocenters. The zero-order chi connectivity index (χ0) is 17.4. The van der Waals surface area contributed by atoms with Crippen molar-refractivity contribution in [2.45, 2.75) is 20.0 Å². The number of hydrogen-bond donors (Lipinski definition) is 2. The molecule has 0 saturated carbocycles. The monoisotopic (exact) mass is 352 g/mol. The van der Waals surface area contributed by atoms with Gasteiger partial charge in [0.1, 0.15) is 24.0 Å². The number of amides is 2. The third kappa shape index (κ3) is 5.67. The second-order valence-corrected chi connectivity index (χ2v) is 5.87. The topological polar surface area (TPSA) is 93.2 Å². The highest BCUT2D eigenvalue weighted by molar-refractivity contribution is 7.13. The fraction of sp³-hybridized carbons (Fsp3) is 0.333. The van der Waals surface area contributed by atoms with Gasteiger partial charge in [-0.2, -0.15) is 0 Å². The Hall–Kier alpha value is -2.39. The van der Waals surface area contributed by atoms with E-state index in [9.17, 15) is 14.0 Å². The van der Waals surface area contributed by atoms with Crippen LogP contribution in [0.3, 0.4) is 0 Å². The molecule has 0 saturated heterocycles. The molecule has 24 heavy (non-hydrogen) atoms. The Kier molecular flexibility index (Phi) is 6.76. The number of nitrogens with zero attached hydrogens (tertiary/aromatic N) is 2. The maximum Gasteiger partial charge on any atom is 0.286 e. The highest BCUT2D eigenvalue weighted by Crippen LogP contribution is 2.14. The lowest BCUT2D eigenvalue weighted by molar-refractivity contribution is -0.126. The van der Waals surface area contributed by atoms with Gasteiger partial charge in [0.2, 0.25) is 10.9 Å². The van der Waals surface area contributed by atoms with Crippen LogP contribution in [0.2, 0.25) is 0 Å². The van der Waals surface area contributed by atoms with E-state index in [-0.39, 0.29) is 29.9 Å². The van der Waals surface area contributed by atoms with Gasteiger partial charge in [-0.05, 0) is 30.7 Å². The lowest BCUT2D eigenvalue weighted by atomic mass is 10.3. The fourth-order valence-electron chi connectivity index (χ4n) is 1.67. The van der Waals surface area contributed by atoms with Gasteiger partial charge in [0.25, 0.3) is 5.91 Å². The average Bonchev–Trinajstić information content (AvgIpc) is 3.04. The highest BCUT2D eigenvalue weighted by Gasteiger charge is 2.13. The fourth-order valence-corrected chi connectivity index (χ4v) is 2.34. The Bertz CT molecular complexity index is 690. The molecule has 1 aromatic carbocycles. The Morgan fingerprint density at radius 3 is 2.71 bits per heavy atom. The van der Waals surface area contributed by atoms with Crippen molar-refractivity contribution in [3.05, 3.63) is 40.1 Å². The van der Waals surface area contributed by atoms with Crippen LogP contribution in [0.5, 0.6) is 0 Å². The maximum absolute atomic E-state index is 12.8. The van der Waals surface area contributed by atoms with Crippen LogP contribution in [0, 0.1) is 5.82 Å². The van der Waals surface area contributed by atoms with Crippen molar-refractivity contribution in [1.82, 2.24) is 15.5 Å². The molecule has 0 unspecified atom stereocenters. The molecule has 2 amide bonds. The molecule has 0 fully saturated rings. The first-order valence-corrected chi connectivity index (χ1v) is 8.14. The third-order valence-electron chi connectivity index (χ3n) is 2.79. The number of halogens is 1. The summed E-state index contributed by atoms with van der Waals surface area (Å²) in [7, 11) is 0. The van der Waals surface area contributed by atoms with Gasteiger partial charge in [-0.3, -0.25) is 9.59 Å². The van der Waals surface area contributed by atoms with E-state index >= 15 is 0 Å². The predicted octanol–water partition coefficient (Wildman–Crippen LogP) is 1.97. The Morgan fingerprint density at radius 2 is 2.00 bits per heavy atom. The second-order valence-electron chi connectivity index (χ2n) is 4.80. The van der Waals surface area contributed by atoms with Crippen LogP contribution < -0.4 is 10.6 Å². The number of carbonyl (C=O) groups excluding carboxylic acids is 2. The van der Waals surface area contributed by atoms with Gasteiger partial charge in [0.15, 0.2) is 0 Å². The summed E-state index contributed by atoms with van der Waals surface area (Å²) in [4.78, 5) is 23.4. The molecule has 0 spiro atoms. The molecular weight excluding hydrogens is 335 g/mol. The van der Waals surface area contributed by atoms with Crippen LogP contribution >= 0.6 is 11.3 Å². The molecular formula is C15H17FN4O3S. The van der Waals surface area contributed by atoms with Crippen molar-refractivity contribution in [2.75, 3.05) is 18.5 Å². The summed E-state index contributed by atoms with van der Waals surface area (Å²) in [5, 5.41) is 13.6. The third-order valence-corrected chi connectivity index (χ3v) is 3.69. The molecule has 0 aliphatic heterocycles. The zero-order valence-electron chi connectivity index (χ0n) is 13.0. The van der Waals surface area contributed by atoms with Crippen molar-refractivity contribution in [3.63, 3.8) is 0 Å². The minimum absolute atomic E-state index is 0.0727. The first-order valence-electron chi connectivity index (χ1n) is 7.32. The standard InChI is InChI=1S/C15H17FN4O3S/c1-2-7-17-12(21)8-23-9-13-19-20-15(24-13)14(22)18-11-5-3-10(16)4-6-11/h3-6H,2,7-9H2,1H3,(H,17,21)(H,18,22). The van der Waals surface area contributed by atoms with Gasteiger partial charge < -0.3 is 15.4 Å². The Morgan fingerprint density at radius 1 is 1.25 bits per heavy atom. The molecule has 7 nitrogen and oxygen atoms in total. The summed E-state index contributed by atoms with van der Waals surface area (Å²) >= 11 is 1.07. The van der Waals surface area contributed by atoms with Crippen molar-refractivity contribution in [3.8, 4) is 0 Å². The molecule has 0 aliphatic rings. The van der Waals surface area contributed by atoms with E-state index in [0.717, 1.165) is 17.8 Å². The molecule has 2 N–H and O–H groups in total. The molecule has 1 heterocycles. The first kappa shape index (κ1) is 18.0. The largest absolute Gasteiger partial charge is 0.364 e. The molecule has 0 bridgehead atoms. The zero-order valence-corrected chi connectivity index (χ0v) is 13.9. The van der Waals surface area contributed by atoms with Crippen LogP contribution in [0.4, 0.5) is 10.1 Å². The first-order chi connectivity index (χ1) is 11.6. The van der Waals surface area contributed by atoms with E-state index in [0.29, 0.717) is 17.2 Å². The molecule has 0 radical (unpaired) electrons. The van der Waals surface area contributed by atoms with Crippen molar-refractivity contribution in [1.29, 1.82) is 0 Å². The second kappa shape index (κ2) is 9.04. The van der Waals surface area contributed by atoms with Gasteiger partial charge in [-0.15, -0.1) is 10.2 Å². The predicted molar refractivity (Wildman–Crippen MR) is 87.2 cm³/mol. The summed E-state index contributed by atoms with van der Waals surface area (Å²) < 4.78 is 18.0. The van der Waals surface area contributed by atoms with Gasteiger partial charge in [-0.1, -0.05) is 18.3 Å². The van der Waals surface area contributed by atoms with E-state index in [2.05, 4.69) is 20.8 Å². The SMILES string of the molecule is CCCNC(=O)COCc1nnc(C(=O)Nc2ccc(F)cc2)s1. The van der Waals surface area contributed by atoms with E-state index in [4.69, 9.17) is 4.74 Å². The van der Waals surface area contributed by atoms with Gasteiger partial charge in [0, 0.05) is 12.2 Å². The van der Waals surface area contributed by atoms with Crippen LogP contribution in [-0.2, 0) is 16.1 Å². The number of aromatic nitrogens is 2. The number of anilines is 1. The summed E-state index contributed by atoms with van der Waals surface area (Å²) in [5.41, 5.74) is 0.460. The van der Waals surface area contributed by atoms with Gasteiger partial charge in [0.05, 0.1) is 0 Å². The number of hydrogen-bond acceptors (Lipinski definition) is 6. The quantitative estimate of drug-likeness (QED) is 0.758. The molecule has 2 rings (SSSR count). The van der Waals surface area contributed by atoms with E-state index in [1.165, 1.54) is 24.3 Å². The van der Waals surface area contributed by atoms with Gasteiger partial charge in [-0.25, -0.2) is 4.39 Å². The van der Waals surface area contributed by atoms with E-state index < -0.39 is 5.91 Å². The van der Waals surface area contributed by atoms with Crippen molar-refractivity contribution >= 4 is 28.8 Å². The number of benzene rings is 1. The molecule has 2 aromatic rings. The van der Waals surface area contributed by atoms with Crippen LogP contribution in [0.15, 0.2) is 24.3 Å². The van der Waals surface area contributed by atoms with E-state index in [1.807, 2.05) is 6.92 Å². The minimum atomic E-state index is -0.439. The minimum Gasteiger partial charge on any atom is -0.364 e. The lowest BCUT2D eigenvalue weighted by Crippen LogP contribution is -2.28. The smallest absolute Gasteiger partial charge is 0.286 e. The van der Waals surface area contributed by atoms with E-state index in [1.54, 1.807) is 0 Å². The van der Waals surface area contributed by atoms with Crippen LogP contribution in [0.1, 0.15) is 28.2 Å². The highest BCUT2D eigenvalue weighted by atomic mass is 32.1. The Balaban J connectivity index is 1.80. The van der Waals surface area contributed by atoms with Gasteiger partial charge >= 0.3 is 0 Å². The number of rotatable bonds is 8. The van der Waals surface area contributed by atoms with Crippen LogP contribution in [0.25, 0.3) is 0 Å². The number of ether oxygens (including phenoxy) is 1. The molecule has 1 aromatic heterocycles. The Labute approximate surface area is 142 Å². The van der Waals surface area contributed by atoms with Crippen molar-refractivity contribution in [2.24, 2.45) is 0 Å². The average molecular weight is 352 g/mol. The molecule has 9 heteroatoms. The maximum atomic E-state index is 12.8. The van der Waals surface area contributed by atoms with Crippen LogP contribution in [-0.4, -0.2) is 35.2 Å². The molecule has 0 aliphatic carbocycles. The number of carbonyl (C=O) groups is 2. The molecule has 128 valence electrons. The summed E-state index contributed by atoms with van der Waals surface area (Å²) in [5.74, 6) is -1.02. The normalized spacial score (nSPS) is 10.4. The van der Waals surface area contributed by atoms with Crippen molar-refractivity contribution < 1.29 is 18.7 Å². The summed E-state index contributed by atoms with van der Waals surface area (Å²) in [6.45, 7) is 2.59. The lowest BCUT2D eigenvalue weighted by Gasteiger charge is -2.03.